The van der Waals surface area contributed by atoms with Gasteiger partial charge in [0.15, 0.2) is 5.82 Å². The Morgan fingerprint density at radius 1 is 1.30 bits per heavy atom. The number of aliphatic carboxylic acids is 1. The Hall–Kier alpha value is -2.46. The molecule has 2 fully saturated rings. The van der Waals surface area contributed by atoms with E-state index in [0.717, 1.165) is 16.4 Å². The number of halogens is 3. The summed E-state index contributed by atoms with van der Waals surface area (Å²) in [5.41, 5.74) is 0.946. The highest BCUT2D eigenvalue weighted by molar-refractivity contribution is 5.78. The molecule has 0 spiro atoms. The predicted octanol–water partition coefficient (Wildman–Crippen LogP) is 1.59. The SMILES string of the molecule is Cc1cc(N2CCC(NC(=O)N3C[C@@H](C(F)(F)F)[C@H](C(=O)O)C3)CC2)n[nH]1. The molecule has 0 unspecified atom stereocenters. The third-order valence-electron chi connectivity index (χ3n) is 5.18. The monoisotopic (exact) mass is 389 g/mol. The van der Waals surface area contributed by atoms with Crippen molar-refractivity contribution in [3.05, 3.63) is 11.8 Å². The molecule has 150 valence electrons. The number of amides is 2. The number of carboxylic acid groups (broad SMARTS) is 1. The summed E-state index contributed by atoms with van der Waals surface area (Å²) >= 11 is 0. The molecule has 2 atom stereocenters. The smallest absolute Gasteiger partial charge is 0.394 e. The summed E-state index contributed by atoms with van der Waals surface area (Å²) < 4.78 is 39.1. The van der Waals surface area contributed by atoms with Crippen LogP contribution in [-0.4, -0.2) is 70.6 Å². The van der Waals surface area contributed by atoms with Crippen molar-refractivity contribution in [1.29, 1.82) is 0 Å². The Bertz CT molecular complexity index is 700. The zero-order chi connectivity index (χ0) is 19.8. The number of anilines is 1. The van der Waals surface area contributed by atoms with Crippen LogP contribution in [0.4, 0.5) is 23.8 Å². The van der Waals surface area contributed by atoms with Gasteiger partial charge >= 0.3 is 18.2 Å². The Labute approximate surface area is 153 Å². The summed E-state index contributed by atoms with van der Waals surface area (Å²) in [6.45, 7) is 2.17. The first-order valence-electron chi connectivity index (χ1n) is 8.77. The molecule has 0 saturated carbocycles. The molecule has 1 aromatic heterocycles. The highest BCUT2D eigenvalue weighted by Crippen LogP contribution is 2.37. The molecule has 2 aliphatic heterocycles. The maximum atomic E-state index is 13.0. The van der Waals surface area contributed by atoms with Gasteiger partial charge in [0.05, 0.1) is 11.8 Å². The number of carbonyl (C=O) groups is 2. The topological polar surface area (TPSA) is 102 Å². The number of urea groups is 1. The Morgan fingerprint density at radius 2 is 1.96 bits per heavy atom. The van der Waals surface area contributed by atoms with Crippen molar-refractivity contribution in [2.24, 2.45) is 11.8 Å². The normalized spacial score (nSPS) is 24.3. The number of rotatable bonds is 3. The Balaban J connectivity index is 1.53. The summed E-state index contributed by atoms with van der Waals surface area (Å²) in [4.78, 5) is 26.5. The molecule has 2 saturated heterocycles. The van der Waals surface area contributed by atoms with Crippen LogP contribution in [0.5, 0.6) is 0 Å². The minimum Gasteiger partial charge on any atom is -0.481 e. The molecule has 3 N–H and O–H groups in total. The fraction of sp³-hybridized carbons (Fsp3) is 0.688. The number of aromatic amines is 1. The molecule has 0 bridgehead atoms. The lowest BCUT2D eigenvalue weighted by Crippen LogP contribution is -2.49. The van der Waals surface area contributed by atoms with Crippen molar-refractivity contribution >= 4 is 17.8 Å². The third kappa shape index (κ3) is 4.28. The van der Waals surface area contributed by atoms with Crippen molar-refractivity contribution in [2.75, 3.05) is 31.1 Å². The predicted molar refractivity (Wildman–Crippen MR) is 89.3 cm³/mol. The molecule has 0 aromatic carbocycles. The summed E-state index contributed by atoms with van der Waals surface area (Å²) in [5.74, 6) is -4.37. The van der Waals surface area contributed by atoms with Crippen LogP contribution >= 0.6 is 0 Å². The number of H-pyrrole nitrogens is 1. The van der Waals surface area contributed by atoms with Gasteiger partial charge in [0, 0.05) is 44.0 Å². The van der Waals surface area contributed by atoms with Crippen molar-refractivity contribution in [1.82, 2.24) is 20.4 Å². The second-order valence-corrected chi connectivity index (χ2v) is 7.12. The number of aryl methyl sites for hydroxylation is 1. The molecule has 3 rings (SSSR count). The molecule has 2 aliphatic rings. The highest BCUT2D eigenvalue weighted by atomic mass is 19.4. The second-order valence-electron chi connectivity index (χ2n) is 7.12. The van der Waals surface area contributed by atoms with Crippen molar-refractivity contribution in [2.45, 2.75) is 32.0 Å². The van der Waals surface area contributed by atoms with Gasteiger partial charge in [0.1, 0.15) is 0 Å². The van der Waals surface area contributed by atoms with Gasteiger partial charge in [-0.2, -0.15) is 18.3 Å². The van der Waals surface area contributed by atoms with E-state index in [2.05, 4.69) is 20.4 Å². The fourth-order valence-corrected chi connectivity index (χ4v) is 3.64. The average Bonchev–Trinajstić information content (AvgIpc) is 3.22. The maximum Gasteiger partial charge on any atom is 0.394 e. The molecule has 3 heterocycles. The quantitative estimate of drug-likeness (QED) is 0.729. The van der Waals surface area contributed by atoms with Crippen molar-refractivity contribution in [3.8, 4) is 0 Å². The Morgan fingerprint density at radius 3 is 2.44 bits per heavy atom. The Kier molecular flexibility index (Phi) is 5.20. The molecule has 0 aliphatic carbocycles. The van der Waals surface area contributed by atoms with Crippen LogP contribution in [0.3, 0.4) is 0 Å². The summed E-state index contributed by atoms with van der Waals surface area (Å²) in [7, 11) is 0. The zero-order valence-electron chi connectivity index (χ0n) is 14.8. The van der Waals surface area contributed by atoms with Gasteiger partial charge in [-0.15, -0.1) is 0 Å². The first-order chi connectivity index (χ1) is 12.6. The number of alkyl halides is 3. The minimum absolute atomic E-state index is 0.165. The van der Waals surface area contributed by atoms with Gasteiger partial charge in [-0.05, 0) is 19.8 Å². The number of piperidine rings is 1. The van der Waals surface area contributed by atoms with Gasteiger partial charge in [0.25, 0.3) is 0 Å². The van der Waals surface area contributed by atoms with Crippen LogP contribution < -0.4 is 10.2 Å². The number of nitrogens with one attached hydrogen (secondary N) is 2. The van der Waals surface area contributed by atoms with E-state index in [1.54, 1.807) is 0 Å². The van der Waals surface area contributed by atoms with E-state index in [0.29, 0.717) is 25.9 Å². The minimum atomic E-state index is -4.65. The third-order valence-corrected chi connectivity index (χ3v) is 5.18. The van der Waals surface area contributed by atoms with Gasteiger partial charge in [-0.25, -0.2) is 4.79 Å². The lowest BCUT2D eigenvalue weighted by molar-refractivity contribution is -0.187. The summed E-state index contributed by atoms with van der Waals surface area (Å²) in [6.07, 6.45) is -3.38. The average molecular weight is 389 g/mol. The first-order valence-corrected chi connectivity index (χ1v) is 8.77. The number of hydrogen-bond acceptors (Lipinski definition) is 4. The van der Waals surface area contributed by atoms with E-state index in [-0.39, 0.29) is 6.04 Å². The lowest BCUT2D eigenvalue weighted by atomic mass is 9.96. The van der Waals surface area contributed by atoms with Gasteiger partial charge in [-0.3, -0.25) is 9.89 Å². The molecule has 27 heavy (non-hydrogen) atoms. The molecular weight excluding hydrogens is 367 g/mol. The molecule has 0 radical (unpaired) electrons. The van der Waals surface area contributed by atoms with Crippen molar-refractivity contribution in [3.63, 3.8) is 0 Å². The summed E-state index contributed by atoms with van der Waals surface area (Å²) in [6, 6.07) is 1.12. The summed E-state index contributed by atoms with van der Waals surface area (Å²) in [5, 5.41) is 18.8. The van der Waals surface area contributed by atoms with Crippen LogP contribution in [-0.2, 0) is 4.79 Å². The van der Waals surface area contributed by atoms with E-state index < -0.39 is 43.1 Å². The lowest BCUT2D eigenvalue weighted by Gasteiger charge is -2.33. The van der Waals surface area contributed by atoms with Gasteiger partial charge in [0.2, 0.25) is 0 Å². The number of aromatic nitrogens is 2. The molecule has 2 amide bonds. The molecular formula is C16H22F3N5O3. The van der Waals surface area contributed by atoms with Crippen LogP contribution in [0.15, 0.2) is 6.07 Å². The van der Waals surface area contributed by atoms with E-state index in [9.17, 15) is 22.8 Å². The number of nitrogens with zero attached hydrogens (tertiary/aromatic N) is 3. The molecule has 11 heteroatoms. The van der Waals surface area contributed by atoms with Crippen molar-refractivity contribution < 1.29 is 27.9 Å². The van der Waals surface area contributed by atoms with Gasteiger partial charge in [-0.1, -0.05) is 0 Å². The zero-order valence-corrected chi connectivity index (χ0v) is 14.8. The van der Waals surface area contributed by atoms with Crippen LogP contribution in [0.2, 0.25) is 0 Å². The maximum absolute atomic E-state index is 13.0. The number of likely N-dealkylation sites (tertiary alicyclic amines) is 1. The number of carbonyl (C=O) groups excluding carboxylic acids is 1. The van der Waals surface area contributed by atoms with E-state index >= 15 is 0 Å². The van der Waals surface area contributed by atoms with E-state index in [4.69, 9.17) is 5.11 Å². The van der Waals surface area contributed by atoms with Gasteiger partial charge < -0.3 is 20.2 Å². The highest BCUT2D eigenvalue weighted by Gasteiger charge is 2.53. The van der Waals surface area contributed by atoms with E-state index in [1.807, 2.05) is 13.0 Å². The first kappa shape index (κ1) is 19.3. The standard InChI is InChI=1S/C16H22F3N5O3/c1-9-6-13(22-21-9)23-4-2-10(3-5-23)20-15(27)24-7-11(14(25)26)12(8-24)16(17,18)19/h6,10-12H,2-5,7-8H2,1H3,(H,20,27)(H,21,22)(H,25,26)/t11-,12-/m1/s1. The van der Waals surface area contributed by atoms with E-state index in [1.165, 1.54) is 0 Å². The molecule has 8 nitrogen and oxygen atoms in total. The van der Waals surface area contributed by atoms with Crippen LogP contribution in [0.1, 0.15) is 18.5 Å². The van der Waals surface area contributed by atoms with Crippen LogP contribution in [0.25, 0.3) is 0 Å². The number of hydrogen-bond donors (Lipinski definition) is 3. The number of carboxylic acids is 1. The fourth-order valence-electron chi connectivity index (χ4n) is 3.64. The molecule has 1 aromatic rings. The largest absolute Gasteiger partial charge is 0.481 e. The second kappa shape index (κ2) is 7.28. The van der Waals surface area contributed by atoms with Crippen LogP contribution in [0, 0.1) is 18.8 Å².